The van der Waals surface area contributed by atoms with Gasteiger partial charge in [0.25, 0.3) is 5.91 Å². The van der Waals surface area contributed by atoms with Crippen LogP contribution in [0.2, 0.25) is 0 Å². The van der Waals surface area contributed by atoms with Gasteiger partial charge in [-0.3, -0.25) is 9.78 Å². The van der Waals surface area contributed by atoms with Gasteiger partial charge in [-0.05, 0) is 18.6 Å². The molecule has 0 aliphatic rings. The highest BCUT2D eigenvalue weighted by atomic mass is 16.5. The predicted molar refractivity (Wildman–Crippen MR) is 129 cm³/mol. The highest BCUT2D eigenvalue weighted by molar-refractivity contribution is 5.93. The summed E-state index contributed by atoms with van der Waals surface area (Å²) in [6.45, 7) is 3.60. The zero-order valence-corrected chi connectivity index (χ0v) is 19.1. The molecule has 0 aliphatic heterocycles. The molecule has 1 amide bonds. The SMILES string of the molecule is CCCN(CCOC)C(=O)c1cc(-c2cnc(N)c(-c3cc(-c4ccccc4)no3)n2)ccn1. The molecule has 0 saturated heterocycles. The first-order valence-electron chi connectivity index (χ1n) is 11.0. The highest BCUT2D eigenvalue weighted by Gasteiger charge is 2.19. The lowest BCUT2D eigenvalue weighted by molar-refractivity contribution is 0.0690. The van der Waals surface area contributed by atoms with Crippen molar-refractivity contribution in [3.63, 3.8) is 0 Å². The monoisotopic (exact) mass is 458 g/mol. The van der Waals surface area contributed by atoms with E-state index in [0.717, 1.165) is 12.0 Å². The molecule has 2 N–H and O–H groups in total. The molecule has 34 heavy (non-hydrogen) atoms. The van der Waals surface area contributed by atoms with E-state index in [-0.39, 0.29) is 11.7 Å². The van der Waals surface area contributed by atoms with Crippen molar-refractivity contribution in [2.24, 2.45) is 0 Å². The number of nitrogens with zero attached hydrogens (tertiary/aromatic N) is 5. The third kappa shape index (κ3) is 5.10. The van der Waals surface area contributed by atoms with Crippen molar-refractivity contribution >= 4 is 11.7 Å². The van der Waals surface area contributed by atoms with Gasteiger partial charge in [-0.15, -0.1) is 0 Å². The maximum atomic E-state index is 13.0. The lowest BCUT2D eigenvalue weighted by Crippen LogP contribution is -2.35. The number of carbonyl (C=O) groups is 1. The summed E-state index contributed by atoms with van der Waals surface area (Å²) < 4.78 is 10.7. The van der Waals surface area contributed by atoms with Crippen LogP contribution in [0.25, 0.3) is 34.0 Å². The third-order valence-corrected chi connectivity index (χ3v) is 5.23. The molecule has 0 unspecified atom stereocenters. The molecule has 3 heterocycles. The van der Waals surface area contributed by atoms with E-state index < -0.39 is 0 Å². The molecule has 0 aliphatic carbocycles. The van der Waals surface area contributed by atoms with E-state index >= 15 is 0 Å². The Balaban J connectivity index is 1.63. The summed E-state index contributed by atoms with van der Waals surface area (Å²) in [6, 6.07) is 14.9. The number of ether oxygens (including phenoxy) is 1. The second-order valence-electron chi connectivity index (χ2n) is 7.65. The van der Waals surface area contributed by atoms with Crippen LogP contribution in [0, 0.1) is 0 Å². The number of anilines is 1. The van der Waals surface area contributed by atoms with E-state index in [2.05, 4.69) is 20.1 Å². The smallest absolute Gasteiger partial charge is 0.272 e. The van der Waals surface area contributed by atoms with Gasteiger partial charge >= 0.3 is 0 Å². The average Bonchev–Trinajstić information content (AvgIpc) is 3.37. The van der Waals surface area contributed by atoms with Crippen LogP contribution in [0.1, 0.15) is 23.8 Å². The number of methoxy groups -OCH3 is 1. The molecule has 0 atom stereocenters. The van der Waals surface area contributed by atoms with E-state index in [9.17, 15) is 4.79 Å². The van der Waals surface area contributed by atoms with Crippen LogP contribution < -0.4 is 5.73 Å². The number of benzene rings is 1. The number of hydrogen-bond acceptors (Lipinski definition) is 8. The molecule has 0 bridgehead atoms. The standard InChI is InChI=1S/C25H26N6O3/c1-3-11-31(12-13-33-2)25(32)20-14-18(9-10-27-20)21-16-28-24(26)23(29-21)22-15-19(30-34-22)17-7-5-4-6-8-17/h4-10,14-16H,3,11-13H2,1-2H3,(H2,26,28). The van der Waals surface area contributed by atoms with E-state index in [1.807, 2.05) is 37.3 Å². The summed E-state index contributed by atoms with van der Waals surface area (Å²) in [5, 5.41) is 4.14. The van der Waals surface area contributed by atoms with Gasteiger partial charge in [-0.1, -0.05) is 42.4 Å². The first kappa shape index (κ1) is 23.1. The summed E-state index contributed by atoms with van der Waals surface area (Å²) in [6.07, 6.45) is 3.98. The van der Waals surface area contributed by atoms with Gasteiger partial charge in [-0.2, -0.15) is 0 Å². The Hall–Kier alpha value is -4.11. The summed E-state index contributed by atoms with van der Waals surface area (Å²) in [5.41, 5.74) is 9.63. The largest absolute Gasteiger partial charge is 0.383 e. The first-order valence-corrected chi connectivity index (χ1v) is 11.0. The Kier molecular flexibility index (Phi) is 7.24. The van der Waals surface area contributed by atoms with Crippen molar-refractivity contribution in [1.82, 2.24) is 25.0 Å². The predicted octanol–water partition coefficient (Wildman–Crippen LogP) is 3.94. The molecular formula is C25H26N6O3. The summed E-state index contributed by atoms with van der Waals surface area (Å²) >= 11 is 0. The molecule has 9 heteroatoms. The highest BCUT2D eigenvalue weighted by Crippen LogP contribution is 2.29. The second kappa shape index (κ2) is 10.7. The van der Waals surface area contributed by atoms with Crippen molar-refractivity contribution in [3.8, 4) is 34.0 Å². The number of hydrogen-bond donors (Lipinski definition) is 1. The molecule has 174 valence electrons. The molecule has 4 rings (SSSR count). The van der Waals surface area contributed by atoms with Crippen molar-refractivity contribution < 1.29 is 14.1 Å². The molecule has 0 fully saturated rings. The minimum absolute atomic E-state index is 0.160. The van der Waals surface area contributed by atoms with E-state index in [1.165, 1.54) is 0 Å². The maximum Gasteiger partial charge on any atom is 0.272 e. The minimum Gasteiger partial charge on any atom is -0.383 e. The topological polar surface area (TPSA) is 120 Å². The Morgan fingerprint density at radius 3 is 2.65 bits per heavy atom. The lowest BCUT2D eigenvalue weighted by atomic mass is 10.1. The number of nitrogen functional groups attached to an aromatic ring is 1. The molecule has 0 radical (unpaired) electrons. The Labute approximate surface area is 197 Å². The molecule has 0 saturated carbocycles. The molecule has 0 spiro atoms. The third-order valence-electron chi connectivity index (χ3n) is 5.23. The van der Waals surface area contributed by atoms with Gasteiger partial charge in [0.1, 0.15) is 11.4 Å². The number of amides is 1. The van der Waals surface area contributed by atoms with Crippen LogP contribution in [0.3, 0.4) is 0 Å². The van der Waals surface area contributed by atoms with E-state index in [4.69, 9.17) is 15.0 Å². The Morgan fingerprint density at radius 1 is 1.06 bits per heavy atom. The van der Waals surface area contributed by atoms with E-state index in [1.54, 1.807) is 42.6 Å². The number of carbonyl (C=O) groups excluding carboxylic acids is 1. The van der Waals surface area contributed by atoms with Gasteiger partial charge in [0.2, 0.25) is 0 Å². The van der Waals surface area contributed by atoms with Crippen LogP contribution in [-0.4, -0.2) is 57.7 Å². The van der Waals surface area contributed by atoms with Gasteiger partial charge in [-0.25, -0.2) is 9.97 Å². The fourth-order valence-corrected chi connectivity index (χ4v) is 3.51. The average molecular weight is 459 g/mol. The van der Waals surface area contributed by atoms with Crippen LogP contribution in [0.4, 0.5) is 5.82 Å². The number of nitrogens with two attached hydrogens (primary N) is 1. The summed E-state index contributed by atoms with van der Waals surface area (Å²) in [4.78, 5) is 28.0. The number of pyridine rings is 1. The van der Waals surface area contributed by atoms with Crippen molar-refractivity contribution in [1.29, 1.82) is 0 Å². The van der Waals surface area contributed by atoms with Gasteiger partial charge in [0.05, 0.1) is 18.5 Å². The first-order chi connectivity index (χ1) is 16.6. The van der Waals surface area contributed by atoms with Crippen LogP contribution in [0.5, 0.6) is 0 Å². The van der Waals surface area contributed by atoms with Crippen LogP contribution in [0.15, 0.2) is 65.4 Å². The minimum atomic E-state index is -0.160. The molecule has 4 aromatic rings. The zero-order valence-electron chi connectivity index (χ0n) is 19.1. The second-order valence-corrected chi connectivity index (χ2v) is 7.65. The number of aromatic nitrogens is 4. The molecular weight excluding hydrogens is 432 g/mol. The molecule has 1 aromatic carbocycles. The quantitative estimate of drug-likeness (QED) is 0.400. The van der Waals surface area contributed by atoms with Gasteiger partial charge in [0.15, 0.2) is 17.3 Å². The Morgan fingerprint density at radius 2 is 1.88 bits per heavy atom. The van der Waals surface area contributed by atoms with Gasteiger partial charge < -0.3 is 19.9 Å². The fourth-order valence-electron chi connectivity index (χ4n) is 3.51. The lowest BCUT2D eigenvalue weighted by Gasteiger charge is -2.21. The van der Waals surface area contributed by atoms with Crippen molar-refractivity contribution in [2.45, 2.75) is 13.3 Å². The van der Waals surface area contributed by atoms with E-state index in [0.29, 0.717) is 53.8 Å². The van der Waals surface area contributed by atoms with Gasteiger partial charge in [0, 0.05) is 43.6 Å². The number of rotatable bonds is 9. The van der Waals surface area contributed by atoms with Crippen molar-refractivity contribution in [3.05, 3.63) is 66.6 Å². The molecule has 9 nitrogen and oxygen atoms in total. The summed E-state index contributed by atoms with van der Waals surface area (Å²) in [5.74, 6) is 0.468. The summed E-state index contributed by atoms with van der Waals surface area (Å²) in [7, 11) is 1.61. The fraction of sp³-hybridized carbons (Fsp3) is 0.240. The maximum absolute atomic E-state index is 13.0. The molecule has 3 aromatic heterocycles. The van der Waals surface area contributed by atoms with Crippen molar-refractivity contribution in [2.75, 3.05) is 32.5 Å². The normalized spacial score (nSPS) is 10.9. The Bertz CT molecular complexity index is 1260. The zero-order chi connectivity index (χ0) is 23.9. The van der Waals surface area contributed by atoms with Crippen LogP contribution >= 0.6 is 0 Å². The van der Waals surface area contributed by atoms with Crippen LogP contribution in [-0.2, 0) is 4.74 Å².